The van der Waals surface area contributed by atoms with E-state index in [1.807, 2.05) is 13.0 Å². The summed E-state index contributed by atoms with van der Waals surface area (Å²) >= 11 is 9.61. The van der Waals surface area contributed by atoms with Crippen LogP contribution in [0.15, 0.2) is 47.5 Å². The summed E-state index contributed by atoms with van der Waals surface area (Å²) in [7, 11) is 0. The number of halogens is 2. The Labute approximate surface area is 220 Å². The number of pyridine rings is 1. The molecule has 0 bridgehead atoms. The molecule has 1 N–H and O–H groups in total. The predicted molar refractivity (Wildman–Crippen MR) is 137 cm³/mol. The molecule has 2 fully saturated rings. The molecule has 4 heterocycles. The number of rotatable bonds is 7. The highest BCUT2D eigenvalue weighted by Gasteiger charge is 2.45. The van der Waals surface area contributed by atoms with Gasteiger partial charge in [-0.1, -0.05) is 17.7 Å². The van der Waals surface area contributed by atoms with Crippen molar-refractivity contribution in [1.82, 2.24) is 40.3 Å². The van der Waals surface area contributed by atoms with Crippen molar-refractivity contribution in [2.24, 2.45) is 11.8 Å². The van der Waals surface area contributed by atoms with Crippen molar-refractivity contribution in [3.05, 3.63) is 74.9 Å². The topological polar surface area (TPSA) is 107 Å². The van der Waals surface area contributed by atoms with Gasteiger partial charge < -0.3 is 10.2 Å². The van der Waals surface area contributed by atoms with Crippen molar-refractivity contribution in [3.63, 3.8) is 0 Å². The Morgan fingerprint density at radius 3 is 2.78 bits per heavy atom. The largest absolute Gasteiger partial charge is 0.356 e. The summed E-state index contributed by atoms with van der Waals surface area (Å²) in [6.07, 6.45) is 4.60. The number of aromatic nitrogens is 7. The van der Waals surface area contributed by atoms with Crippen LogP contribution in [0.5, 0.6) is 0 Å². The minimum atomic E-state index is -0.256. The summed E-state index contributed by atoms with van der Waals surface area (Å²) in [5.41, 5.74) is 4.00. The first-order valence-corrected chi connectivity index (χ1v) is 12.9. The third-order valence-electron chi connectivity index (χ3n) is 6.85. The Bertz CT molecular complexity index is 1430. The number of carbonyl (C=O) groups excluding carboxylic acids is 1. The van der Waals surface area contributed by atoms with Gasteiger partial charge in [0.1, 0.15) is 16.7 Å². The number of benzene rings is 1. The van der Waals surface area contributed by atoms with Crippen LogP contribution in [0.2, 0.25) is 5.02 Å². The first kappa shape index (κ1) is 23.1. The number of carbonyl (C=O) groups is 1. The molecular weight excluding hydrogens is 546 g/mol. The number of fused-ring (bicyclic) bond motifs is 1. The summed E-state index contributed by atoms with van der Waals surface area (Å²) in [4.78, 5) is 20.2. The maximum Gasteiger partial charge on any atom is 0.255 e. The molecule has 1 saturated heterocycles. The highest BCUT2D eigenvalue weighted by atomic mass is 79.9. The lowest BCUT2D eigenvalue weighted by Gasteiger charge is -2.20. The van der Waals surface area contributed by atoms with Crippen molar-refractivity contribution in [2.45, 2.75) is 26.4 Å². The standard InChI is InChI=1S/C24H23BrClN9O/c1-14-15(2-5-22(29-14)33-9-17-6-18(17)10-33)11-34-12-20(23(25)30-34)24(36)27-8-16-7-19(26)3-4-21(16)35-13-28-31-32-35/h2-5,7,12-13,17-18H,6,8-11H2,1H3,(H,27,36). The molecule has 1 aliphatic heterocycles. The molecule has 1 aliphatic carbocycles. The zero-order chi connectivity index (χ0) is 24.8. The van der Waals surface area contributed by atoms with Gasteiger partial charge in [-0.2, -0.15) is 5.10 Å². The van der Waals surface area contributed by atoms with Gasteiger partial charge in [0.15, 0.2) is 0 Å². The summed E-state index contributed by atoms with van der Waals surface area (Å²) in [6, 6.07) is 9.54. The second kappa shape index (κ2) is 9.29. The number of anilines is 1. The number of aryl methyl sites for hydroxylation is 1. The molecule has 0 radical (unpaired) electrons. The van der Waals surface area contributed by atoms with E-state index in [0.717, 1.165) is 53.3 Å². The Morgan fingerprint density at radius 2 is 2.03 bits per heavy atom. The van der Waals surface area contributed by atoms with E-state index >= 15 is 0 Å². The third kappa shape index (κ3) is 4.60. The Hall–Kier alpha value is -3.31. The van der Waals surface area contributed by atoms with Gasteiger partial charge in [0.05, 0.1) is 17.8 Å². The van der Waals surface area contributed by atoms with E-state index in [4.69, 9.17) is 16.6 Å². The number of hydrogen-bond acceptors (Lipinski definition) is 7. The van der Waals surface area contributed by atoms with Crippen LogP contribution in [0.4, 0.5) is 5.82 Å². The quantitative estimate of drug-likeness (QED) is 0.364. The lowest BCUT2D eigenvalue weighted by atomic mass is 10.1. The van der Waals surface area contributed by atoms with Crippen LogP contribution in [0.1, 0.15) is 33.6 Å². The molecule has 1 aromatic carbocycles. The van der Waals surface area contributed by atoms with Crippen molar-refractivity contribution < 1.29 is 4.79 Å². The van der Waals surface area contributed by atoms with Crippen molar-refractivity contribution in [1.29, 1.82) is 0 Å². The van der Waals surface area contributed by atoms with Crippen molar-refractivity contribution in [3.8, 4) is 5.69 Å². The van der Waals surface area contributed by atoms with Crippen LogP contribution in [0, 0.1) is 18.8 Å². The van der Waals surface area contributed by atoms with E-state index in [1.165, 1.54) is 17.4 Å². The maximum atomic E-state index is 13.0. The summed E-state index contributed by atoms with van der Waals surface area (Å²) in [6.45, 7) is 5.03. The van der Waals surface area contributed by atoms with Gasteiger partial charge in [-0.3, -0.25) is 9.48 Å². The fraction of sp³-hybridized carbons (Fsp3) is 0.333. The van der Waals surface area contributed by atoms with E-state index in [1.54, 1.807) is 23.0 Å². The molecule has 10 nitrogen and oxygen atoms in total. The molecule has 2 atom stereocenters. The molecule has 1 saturated carbocycles. The van der Waals surface area contributed by atoms with E-state index in [2.05, 4.69) is 58.9 Å². The Kier molecular flexibility index (Phi) is 5.96. The third-order valence-corrected chi connectivity index (χ3v) is 7.67. The number of piperidine rings is 1. The molecule has 0 spiro atoms. The zero-order valence-electron chi connectivity index (χ0n) is 19.5. The van der Waals surface area contributed by atoms with E-state index in [-0.39, 0.29) is 12.5 Å². The van der Waals surface area contributed by atoms with Crippen LogP contribution >= 0.6 is 27.5 Å². The second-order valence-electron chi connectivity index (χ2n) is 9.32. The van der Waals surface area contributed by atoms with Crippen LogP contribution < -0.4 is 10.2 Å². The zero-order valence-corrected chi connectivity index (χ0v) is 21.8. The first-order valence-electron chi connectivity index (χ1n) is 11.7. The van der Waals surface area contributed by atoms with Crippen LogP contribution in [0.25, 0.3) is 5.69 Å². The van der Waals surface area contributed by atoms with Gasteiger partial charge in [0.25, 0.3) is 5.91 Å². The number of hydrogen-bond donors (Lipinski definition) is 1. The van der Waals surface area contributed by atoms with Crippen molar-refractivity contribution in [2.75, 3.05) is 18.0 Å². The maximum absolute atomic E-state index is 13.0. The first-order chi connectivity index (χ1) is 17.4. The number of tetrazole rings is 1. The SMILES string of the molecule is Cc1nc(N2CC3CC3C2)ccc1Cn1cc(C(=O)NCc2cc(Cl)ccc2-n2cnnn2)c(Br)n1. The normalized spacial score (nSPS) is 18.4. The highest BCUT2D eigenvalue weighted by Crippen LogP contribution is 2.46. The van der Waals surface area contributed by atoms with Gasteiger partial charge in [-0.25, -0.2) is 9.67 Å². The van der Waals surface area contributed by atoms with E-state index < -0.39 is 0 Å². The van der Waals surface area contributed by atoms with Gasteiger partial charge in [-0.05, 0) is 86.9 Å². The summed E-state index contributed by atoms with van der Waals surface area (Å²) in [5, 5.41) is 19.3. The smallest absolute Gasteiger partial charge is 0.255 e. The number of amides is 1. The van der Waals surface area contributed by atoms with Crippen LogP contribution in [0.3, 0.4) is 0 Å². The highest BCUT2D eigenvalue weighted by molar-refractivity contribution is 9.10. The van der Waals surface area contributed by atoms with Crippen LogP contribution in [-0.2, 0) is 13.1 Å². The lowest BCUT2D eigenvalue weighted by Crippen LogP contribution is -2.23. The van der Waals surface area contributed by atoms with Gasteiger partial charge >= 0.3 is 0 Å². The molecule has 3 aromatic heterocycles. The number of nitrogens with zero attached hydrogens (tertiary/aromatic N) is 8. The monoisotopic (exact) mass is 567 g/mol. The minimum absolute atomic E-state index is 0.245. The van der Waals surface area contributed by atoms with Crippen LogP contribution in [-0.4, -0.2) is 54.0 Å². The molecule has 36 heavy (non-hydrogen) atoms. The molecule has 2 unspecified atom stereocenters. The fourth-order valence-corrected chi connectivity index (χ4v) is 5.45. The van der Waals surface area contributed by atoms with E-state index in [0.29, 0.717) is 21.7 Å². The predicted octanol–water partition coefficient (Wildman–Crippen LogP) is 3.41. The minimum Gasteiger partial charge on any atom is -0.356 e. The molecule has 12 heteroatoms. The lowest BCUT2D eigenvalue weighted by molar-refractivity contribution is 0.0950. The fourth-order valence-electron chi connectivity index (χ4n) is 4.77. The van der Waals surface area contributed by atoms with E-state index in [9.17, 15) is 4.79 Å². The molecule has 1 amide bonds. The molecule has 6 rings (SSSR count). The summed E-state index contributed by atoms with van der Waals surface area (Å²) < 4.78 is 3.75. The molecule has 2 aliphatic rings. The number of nitrogens with one attached hydrogen (secondary N) is 1. The average Bonchev–Trinajstić information content (AvgIpc) is 3.25. The Morgan fingerprint density at radius 1 is 1.19 bits per heavy atom. The van der Waals surface area contributed by atoms with Gasteiger partial charge in [0.2, 0.25) is 0 Å². The molecule has 184 valence electrons. The average molecular weight is 569 g/mol. The van der Waals surface area contributed by atoms with Crippen molar-refractivity contribution >= 4 is 39.3 Å². The van der Waals surface area contributed by atoms with Gasteiger partial charge in [0, 0.05) is 36.5 Å². The Balaban J connectivity index is 1.13. The molecular formula is C24H23BrClN9O. The summed E-state index contributed by atoms with van der Waals surface area (Å²) in [5.74, 6) is 2.52. The second-order valence-corrected chi connectivity index (χ2v) is 10.5. The molecule has 4 aromatic rings. The van der Waals surface area contributed by atoms with Gasteiger partial charge in [-0.15, -0.1) is 5.10 Å².